The van der Waals surface area contributed by atoms with Crippen LogP contribution in [0.25, 0.3) is 0 Å². The molecule has 1 saturated heterocycles. The van der Waals surface area contributed by atoms with Gasteiger partial charge in [-0.25, -0.2) is 0 Å². The Morgan fingerprint density at radius 3 is 2.43 bits per heavy atom. The van der Waals surface area contributed by atoms with Gasteiger partial charge in [0.1, 0.15) is 0 Å². The summed E-state index contributed by atoms with van der Waals surface area (Å²) in [5.41, 5.74) is 0. The lowest BCUT2D eigenvalue weighted by Crippen LogP contribution is -2.45. The van der Waals surface area contributed by atoms with Crippen molar-refractivity contribution in [3.63, 3.8) is 0 Å². The summed E-state index contributed by atoms with van der Waals surface area (Å²) in [5.74, 6) is 0.626. The number of nitrogens with zero attached hydrogens (tertiary/aromatic N) is 2. The first-order chi connectivity index (χ1) is 11.0. The molecule has 6 nitrogen and oxygen atoms in total. The number of amides is 2. The number of likely N-dealkylation sites (N-methyl/N-ethyl adjacent to an activating group) is 1. The average Bonchev–Trinajstić information content (AvgIpc) is 2.54. The monoisotopic (exact) mass is 344 g/mol. The lowest BCUT2D eigenvalue weighted by Gasteiger charge is -2.31. The molecule has 0 bridgehead atoms. The molecular weight excluding hydrogens is 316 g/mol. The van der Waals surface area contributed by atoms with Crippen LogP contribution in [0.1, 0.15) is 39.0 Å². The summed E-state index contributed by atoms with van der Waals surface area (Å²) in [6, 6.07) is 0. The van der Waals surface area contributed by atoms with E-state index in [1.165, 1.54) is 11.3 Å². The molecule has 0 atom stereocenters. The van der Waals surface area contributed by atoms with Crippen molar-refractivity contribution in [3.8, 4) is 0 Å². The molecule has 0 spiro atoms. The van der Waals surface area contributed by atoms with Gasteiger partial charge < -0.3 is 14.9 Å². The molecule has 0 aromatic rings. The van der Waals surface area contributed by atoms with Crippen LogP contribution in [0.3, 0.4) is 0 Å². The van der Waals surface area contributed by atoms with Crippen LogP contribution in [0.15, 0.2) is 0 Å². The van der Waals surface area contributed by atoms with Gasteiger partial charge in [-0.2, -0.15) is 11.8 Å². The molecule has 1 aliphatic rings. The van der Waals surface area contributed by atoms with E-state index >= 15 is 0 Å². The van der Waals surface area contributed by atoms with Gasteiger partial charge in [0.2, 0.25) is 11.8 Å². The van der Waals surface area contributed by atoms with E-state index in [1.807, 2.05) is 0 Å². The molecule has 0 saturated carbocycles. The number of piperidine rings is 1. The second kappa shape index (κ2) is 10.5. The zero-order valence-electron chi connectivity index (χ0n) is 14.1. The Morgan fingerprint density at radius 2 is 1.87 bits per heavy atom. The van der Waals surface area contributed by atoms with Gasteiger partial charge in [-0.1, -0.05) is 13.3 Å². The van der Waals surface area contributed by atoms with Crippen molar-refractivity contribution in [1.29, 1.82) is 0 Å². The smallest absolute Gasteiger partial charge is 0.306 e. The maximum atomic E-state index is 12.2. The molecule has 0 aromatic carbocycles. The number of carbonyl (C=O) groups excluding carboxylic acids is 2. The van der Waals surface area contributed by atoms with E-state index in [1.54, 1.807) is 23.7 Å². The Morgan fingerprint density at radius 1 is 1.22 bits per heavy atom. The number of hydrogen-bond donors (Lipinski definition) is 1. The molecule has 1 heterocycles. The van der Waals surface area contributed by atoms with E-state index in [4.69, 9.17) is 5.11 Å². The van der Waals surface area contributed by atoms with Crippen LogP contribution in [-0.4, -0.2) is 70.9 Å². The molecule has 1 fully saturated rings. The molecule has 7 heteroatoms. The van der Waals surface area contributed by atoms with Crippen LogP contribution >= 0.6 is 11.8 Å². The van der Waals surface area contributed by atoms with Crippen LogP contribution < -0.4 is 0 Å². The van der Waals surface area contributed by atoms with Crippen LogP contribution in [-0.2, 0) is 14.4 Å². The van der Waals surface area contributed by atoms with E-state index in [2.05, 4.69) is 6.92 Å². The molecule has 132 valence electrons. The predicted octanol–water partition coefficient (Wildman–Crippen LogP) is 1.69. The molecule has 23 heavy (non-hydrogen) atoms. The van der Waals surface area contributed by atoms with Crippen LogP contribution in [0, 0.1) is 5.92 Å². The average molecular weight is 344 g/mol. The zero-order valence-corrected chi connectivity index (χ0v) is 14.9. The highest BCUT2D eigenvalue weighted by Gasteiger charge is 2.27. The molecular formula is C16H28N2O4S. The third kappa shape index (κ3) is 7.24. The standard InChI is InChI=1S/C16H28N2O4S/c1-3-4-10-23-11-7-14(19)17(2)12-15(20)18-8-5-13(6-9-18)16(21)22/h13H,3-12H2,1-2H3,(H,21,22). The molecule has 1 rings (SSSR count). The second-order valence-electron chi connectivity index (χ2n) is 5.96. The molecule has 0 aromatic heterocycles. The molecule has 0 unspecified atom stereocenters. The molecule has 1 aliphatic heterocycles. The van der Waals surface area contributed by atoms with E-state index < -0.39 is 5.97 Å². The largest absolute Gasteiger partial charge is 0.481 e. The molecule has 0 aliphatic carbocycles. The van der Waals surface area contributed by atoms with E-state index in [0.717, 1.165) is 17.9 Å². The van der Waals surface area contributed by atoms with Gasteiger partial charge in [-0.05, 0) is 25.0 Å². The summed E-state index contributed by atoms with van der Waals surface area (Å²) in [6.45, 7) is 3.15. The Bertz CT molecular complexity index is 409. The van der Waals surface area contributed by atoms with Crippen molar-refractivity contribution in [2.24, 2.45) is 5.92 Å². The summed E-state index contributed by atoms with van der Waals surface area (Å²) >= 11 is 1.77. The van der Waals surface area contributed by atoms with Crippen molar-refractivity contribution < 1.29 is 19.5 Å². The second-order valence-corrected chi connectivity index (χ2v) is 7.18. The van der Waals surface area contributed by atoms with E-state index in [9.17, 15) is 14.4 Å². The van der Waals surface area contributed by atoms with Gasteiger partial charge in [0, 0.05) is 32.3 Å². The first-order valence-corrected chi connectivity index (χ1v) is 9.43. The lowest BCUT2D eigenvalue weighted by molar-refractivity contribution is -0.146. The van der Waals surface area contributed by atoms with Crippen molar-refractivity contribution in [1.82, 2.24) is 9.80 Å². The van der Waals surface area contributed by atoms with Crippen molar-refractivity contribution >= 4 is 29.5 Å². The summed E-state index contributed by atoms with van der Waals surface area (Å²) in [7, 11) is 1.65. The van der Waals surface area contributed by atoms with Crippen molar-refractivity contribution in [3.05, 3.63) is 0 Å². The number of carboxylic acid groups (broad SMARTS) is 1. The van der Waals surface area contributed by atoms with E-state index in [0.29, 0.717) is 32.4 Å². The van der Waals surface area contributed by atoms with Crippen LogP contribution in [0.2, 0.25) is 0 Å². The van der Waals surface area contributed by atoms with Gasteiger partial charge in [0.15, 0.2) is 0 Å². The van der Waals surface area contributed by atoms with Crippen LogP contribution in [0.5, 0.6) is 0 Å². The molecule has 1 N–H and O–H groups in total. The van der Waals surface area contributed by atoms with Crippen LogP contribution in [0.4, 0.5) is 0 Å². The number of rotatable bonds is 9. The summed E-state index contributed by atoms with van der Waals surface area (Å²) in [5, 5.41) is 8.96. The first kappa shape index (κ1) is 19.8. The Balaban J connectivity index is 2.25. The maximum Gasteiger partial charge on any atom is 0.306 e. The number of carbonyl (C=O) groups is 3. The maximum absolute atomic E-state index is 12.2. The van der Waals surface area contributed by atoms with Gasteiger partial charge >= 0.3 is 5.97 Å². The Kier molecular flexibility index (Phi) is 9.06. The summed E-state index contributed by atoms with van der Waals surface area (Å²) < 4.78 is 0. The number of carboxylic acids is 1. The highest BCUT2D eigenvalue weighted by Crippen LogP contribution is 2.17. The number of hydrogen-bond acceptors (Lipinski definition) is 4. The van der Waals surface area contributed by atoms with E-state index in [-0.39, 0.29) is 24.3 Å². The normalized spacial score (nSPS) is 15.5. The van der Waals surface area contributed by atoms with Gasteiger partial charge in [0.05, 0.1) is 12.5 Å². The SMILES string of the molecule is CCCCSCCC(=O)N(C)CC(=O)N1CCC(C(=O)O)CC1. The van der Waals surface area contributed by atoms with Gasteiger partial charge in [0.25, 0.3) is 0 Å². The topological polar surface area (TPSA) is 77.9 Å². The quantitative estimate of drug-likeness (QED) is 0.644. The fraction of sp³-hybridized carbons (Fsp3) is 0.812. The van der Waals surface area contributed by atoms with Gasteiger partial charge in [-0.15, -0.1) is 0 Å². The van der Waals surface area contributed by atoms with Gasteiger partial charge in [-0.3, -0.25) is 14.4 Å². The Hall–Kier alpha value is -1.24. The summed E-state index contributed by atoms with van der Waals surface area (Å²) in [4.78, 5) is 38.2. The van der Waals surface area contributed by atoms with Crippen molar-refractivity contribution in [2.75, 3.05) is 38.2 Å². The first-order valence-electron chi connectivity index (χ1n) is 8.28. The fourth-order valence-corrected chi connectivity index (χ4v) is 3.48. The molecule has 0 radical (unpaired) electrons. The number of likely N-dealkylation sites (tertiary alicyclic amines) is 1. The molecule has 2 amide bonds. The third-order valence-corrected chi connectivity index (χ3v) is 5.17. The number of unbranched alkanes of at least 4 members (excludes halogenated alkanes) is 1. The Labute approximate surface area is 142 Å². The third-order valence-electron chi connectivity index (χ3n) is 4.10. The number of thioether (sulfide) groups is 1. The number of aliphatic carboxylic acids is 1. The lowest BCUT2D eigenvalue weighted by atomic mass is 9.97. The highest BCUT2D eigenvalue weighted by molar-refractivity contribution is 7.99. The minimum absolute atomic E-state index is 0.0113. The minimum Gasteiger partial charge on any atom is -0.481 e. The predicted molar refractivity (Wildman–Crippen MR) is 91.4 cm³/mol. The minimum atomic E-state index is -0.787. The zero-order chi connectivity index (χ0) is 17.2. The highest BCUT2D eigenvalue weighted by atomic mass is 32.2. The summed E-state index contributed by atoms with van der Waals surface area (Å²) in [6.07, 6.45) is 3.77. The fourth-order valence-electron chi connectivity index (χ4n) is 2.47. The van der Waals surface area contributed by atoms with Crippen molar-refractivity contribution in [2.45, 2.75) is 39.0 Å².